The zero-order chi connectivity index (χ0) is 12.1. The summed E-state index contributed by atoms with van der Waals surface area (Å²) in [6.45, 7) is 5.69. The molecule has 0 aromatic carbocycles. The van der Waals surface area contributed by atoms with Crippen molar-refractivity contribution >= 4 is 5.91 Å². The summed E-state index contributed by atoms with van der Waals surface area (Å²) in [6, 6.07) is 0. The molecule has 1 atom stereocenters. The minimum atomic E-state index is -0.137. The number of piperidine rings is 1. The van der Waals surface area contributed by atoms with Crippen molar-refractivity contribution in [1.82, 2.24) is 10.6 Å². The third kappa shape index (κ3) is 3.96. The van der Waals surface area contributed by atoms with Crippen LogP contribution in [-0.4, -0.2) is 37.7 Å². The minimum Gasteiger partial charge on any atom is -0.379 e. The van der Waals surface area contributed by atoms with Crippen LogP contribution in [0.25, 0.3) is 0 Å². The Labute approximate surface area is 103 Å². The average Bonchev–Trinajstić information content (AvgIpc) is 2.30. The number of hydrogen-bond acceptors (Lipinski definition) is 3. The molecule has 0 saturated carbocycles. The van der Waals surface area contributed by atoms with Gasteiger partial charge >= 0.3 is 0 Å². The number of ether oxygens (including phenoxy) is 1. The van der Waals surface area contributed by atoms with Crippen LogP contribution in [0, 0.1) is 5.92 Å². The van der Waals surface area contributed by atoms with Gasteiger partial charge in [0.05, 0.1) is 12.1 Å². The monoisotopic (exact) mass is 240 g/mol. The van der Waals surface area contributed by atoms with Gasteiger partial charge in [-0.2, -0.15) is 0 Å². The van der Waals surface area contributed by atoms with Crippen molar-refractivity contribution in [3.63, 3.8) is 0 Å². The molecule has 4 nitrogen and oxygen atoms in total. The number of carbonyl (C=O) groups is 1. The molecule has 2 N–H and O–H groups in total. The first-order valence-corrected chi connectivity index (χ1v) is 6.77. The average molecular weight is 240 g/mol. The standard InChI is InChI=1S/C13H24N2O2/c1-13(5-2-8-17-10-13)15-12(16)9-11-3-6-14-7-4-11/h11,14H,2-10H2,1H3,(H,15,16). The molecule has 1 amide bonds. The summed E-state index contributed by atoms with van der Waals surface area (Å²) in [5.41, 5.74) is -0.137. The van der Waals surface area contributed by atoms with Gasteiger partial charge in [0.2, 0.25) is 5.91 Å². The van der Waals surface area contributed by atoms with E-state index in [1.165, 1.54) is 0 Å². The van der Waals surface area contributed by atoms with E-state index < -0.39 is 0 Å². The van der Waals surface area contributed by atoms with E-state index in [1.54, 1.807) is 0 Å². The van der Waals surface area contributed by atoms with Crippen molar-refractivity contribution < 1.29 is 9.53 Å². The lowest BCUT2D eigenvalue weighted by atomic mass is 9.91. The van der Waals surface area contributed by atoms with Gasteiger partial charge in [-0.1, -0.05) is 0 Å². The van der Waals surface area contributed by atoms with Gasteiger partial charge in [0.15, 0.2) is 0 Å². The summed E-state index contributed by atoms with van der Waals surface area (Å²) in [4.78, 5) is 12.0. The van der Waals surface area contributed by atoms with E-state index in [-0.39, 0.29) is 11.4 Å². The molecule has 0 radical (unpaired) electrons. The highest BCUT2D eigenvalue weighted by molar-refractivity contribution is 5.77. The highest BCUT2D eigenvalue weighted by atomic mass is 16.5. The SMILES string of the molecule is CC1(NC(=O)CC2CCNCC2)CCCOC1. The van der Waals surface area contributed by atoms with Crippen LogP contribution in [0.15, 0.2) is 0 Å². The van der Waals surface area contributed by atoms with Crippen LogP contribution in [0.5, 0.6) is 0 Å². The Kier molecular flexibility index (Phi) is 4.40. The number of carbonyl (C=O) groups excluding carboxylic acids is 1. The van der Waals surface area contributed by atoms with Crippen molar-refractivity contribution in [3.8, 4) is 0 Å². The molecule has 0 aromatic rings. The molecule has 0 spiro atoms. The van der Waals surface area contributed by atoms with E-state index in [0.717, 1.165) is 45.4 Å². The molecule has 0 aromatic heterocycles. The third-order valence-corrected chi connectivity index (χ3v) is 3.81. The zero-order valence-electron chi connectivity index (χ0n) is 10.8. The van der Waals surface area contributed by atoms with Gasteiger partial charge in [-0.15, -0.1) is 0 Å². The smallest absolute Gasteiger partial charge is 0.220 e. The first kappa shape index (κ1) is 12.8. The number of nitrogens with one attached hydrogen (secondary N) is 2. The van der Waals surface area contributed by atoms with Gasteiger partial charge in [-0.3, -0.25) is 4.79 Å². The predicted octanol–water partition coefficient (Wildman–Crippen LogP) is 1.06. The summed E-state index contributed by atoms with van der Waals surface area (Å²) in [5, 5.41) is 6.48. The molecule has 2 fully saturated rings. The lowest BCUT2D eigenvalue weighted by Crippen LogP contribution is -2.52. The van der Waals surface area contributed by atoms with Gasteiger partial charge < -0.3 is 15.4 Å². The molecule has 1 unspecified atom stereocenters. The van der Waals surface area contributed by atoms with Crippen molar-refractivity contribution in [1.29, 1.82) is 0 Å². The quantitative estimate of drug-likeness (QED) is 0.775. The van der Waals surface area contributed by atoms with E-state index in [2.05, 4.69) is 17.6 Å². The molecule has 98 valence electrons. The molecule has 4 heteroatoms. The number of amides is 1. The van der Waals surface area contributed by atoms with Crippen LogP contribution in [0.1, 0.15) is 39.0 Å². The number of rotatable bonds is 3. The fraction of sp³-hybridized carbons (Fsp3) is 0.923. The van der Waals surface area contributed by atoms with E-state index >= 15 is 0 Å². The molecule has 2 heterocycles. The van der Waals surface area contributed by atoms with Crippen LogP contribution in [0.4, 0.5) is 0 Å². The van der Waals surface area contributed by atoms with E-state index in [1.807, 2.05) is 0 Å². The maximum absolute atomic E-state index is 12.0. The van der Waals surface area contributed by atoms with Crippen molar-refractivity contribution in [2.75, 3.05) is 26.3 Å². The van der Waals surface area contributed by atoms with Gasteiger partial charge in [-0.25, -0.2) is 0 Å². The van der Waals surface area contributed by atoms with Crippen LogP contribution >= 0.6 is 0 Å². The molecule has 2 aliphatic rings. The topological polar surface area (TPSA) is 50.4 Å². The maximum atomic E-state index is 12.0. The summed E-state index contributed by atoms with van der Waals surface area (Å²) >= 11 is 0. The zero-order valence-corrected chi connectivity index (χ0v) is 10.8. The first-order valence-electron chi connectivity index (χ1n) is 6.77. The second-order valence-electron chi connectivity index (χ2n) is 5.66. The second-order valence-corrected chi connectivity index (χ2v) is 5.66. The van der Waals surface area contributed by atoms with Crippen LogP contribution in [0.3, 0.4) is 0 Å². The molecule has 0 aliphatic carbocycles. The van der Waals surface area contributed by atoms with Crippen molar-refractivity contribution in [3.05, 3.63) is 0 Å². The van der Waals surface area contributed by atoms with Crippen LogP contribution < -0.4 is 10.6 Å². The Bertz CT molecular complexity index is 256. The highest BCUT2D eigenvalue weighted by Crippen LogP contribution is 2.20. The Morgan fingerprint density at radius 2 is 2.24 bits per heavy atom. The minimum absolute atomic E-state index is 0.137. The van der Waals surface area contributed by atoms with Crippen molar-refractivity contribution in [2.45, 2.75) is 44.6 Å². The van der Waals surface area contributed by atoms with Gasteiger partial charge in [0.25, 0.3) is 0 Å². The third-order valence-electron chi connectivity index (χ3n) is 3.81. The highest BCUT2D eigenvalue weighted by Gasteiger charge is 2.30. The summed E-state index contributed by atoms with van der Waals surface area (Å²) < 4.78 is 5.45. The van der Waals surface area contributed by atoms with E-state index in [9.17, 15) is 4.79 Å². The van der Waals surface area contributed by atoms with E-state index in [0.29, 0.717) is 18.9 Å². The summed E-state index contributed by atoms with van der Waals surface area (Å²) in [7, 11) is 0. The Morgan fingerprint density at radius 3 is 2.88 bits per heavy atom. The Morgan fingerprint density at radius 1 is 1.47 bits per heavy atom. The number of hydrogen-bond donors (Lipinski definition) is 2. The fourth-order valence-corrected chi connectivity index (χ4v) is 2.77. The fourth-order valence-electron chi connectivity index (χ4n) is 2.77. The molecule has 2 aliphatic heterocycles. The summed E-state index contributed by atoms with van der Waals surface area (Å²) in [5.74, 6) is 0.759. The predicted molar refractivity (Wildman–Crippen MR) is 66.8 cm³/mol. The molecule has 2 saturated heterocycles. The maximum Gasteiger partial charge on any atom is 0.220 e. The van der Waals surface area contributed by atoms with Crippen LogP contribution in [0.2, 0.25) is 0 Å². The van der Waals surface area contributed by atoms with Gasteiger partial charge in [0, 0.05) is 13.0 Å². The van der Waals surface area contributed by atoms with Gasteiger partial charge in [-0.05, 0) is 51.6 Å². The molecular weight excluding hydrogens is 216 g/mol. The molecule has 17 heavy (non-hydrogen) atoms. The largest absolute Gasteiger partial charge is 0.379 e. The molecular formula is C13H24N2O2. The van der Waals surface area contributed by atoms with Gasteiger partial charge in [0.1, 0.15) is 0 Å². The normalized spacial score (nSPS) is 31.1. The molecule has 0 bridgehead atoms. The Balaban J connectivity index is 1.75. The van der Waals surface area contributed by atoms with Crippen LogP contribution in [-0.2, 0) is 9.53 Å². The second kappa shape index (κ2) is 5.83. The summed E-state index contributed by atoms with van der Waals surface area (Å²) in [6.07, 6.45) is 5.01. The lowest BCUT2D eigenvalue weighted by molar-refractivity contribution is -0.125. The lowest BCUT2D eigenvalue weighted by Gasteiger charge is -2.35. The Hall–Kier alpha value is -0.610. The first-order chi connectivity index (χ1) is 8.18. The van der Waals surface area contributed by atoms with E-state index in [4.69, 9.17) is 4.74 Å². The van der Waals surface area contributed by atoms with Crippen molar-refractivity contribution in [2.24, 2.45) is 5.92 Å². The molecule has 2 rings (SSSR count).